The second-order valence-electron chi connectivity index (χ2n) is 7.13. The normalized spacial score (nSPS) is 12.6. The summed E-state index contributed by atoms with van der Waals surface area (Å²) in [7, 11) is 0. The number of nitrogens with two attached hydrogens (primary N) is 1. The Morgan fingerprint density at radius 1 is 1.00 bits per heavy atom. The van der Waals surface area contributed by atoms with E-state index in [2.05, 4.69) is 10.2 Å². The van der Waals surface area contributed by atoms with Crippen LogP contribution in [0.4, 0.5) is 10.1 Å². The van der Waals surface area contributed by atoms with Crippen LogP contribution in [-0.2, 0) is 17.6 Å². The second-order valence-corrected chi connectivity index (χ2v) is 7.88. The molecule has 0 bridgehead atoms. The summed E-state index contributed by atoms with van der Waals surface area (Å²) in [4.78, 5) is 13.7. The van der Waals surface area contributed by atoms with E-state index in [1.165, 1.54) is 12.1 Å². The van der Waals surface area contributed by atoms with Crippen LogP contribution in [-0.4, -0.2) is 54.6 Å². The van der Waals surface area contributed by atoms with Gasteiger partial charge in [0.15, 0.2) is 0 Å². The first-order valence-corrected chi connectivity index (χ1v) is 10.9. The highest BCUT2D eigenvalue weighted by atomic mass is 35.5. The molecule has 0 aliphatic carbocycles. The van der Waals surface area contributed by atoms with Gasteiger partial charge in [0.1, 0.15) is 11.9 Å². The fourth-order valence-electron chi connectivity index (χ4n) is 3.19. The van der Waals surface area contributed by atoms with E-state index in [-0.39, 0.29) is 30.7 Å². The van der Waals surface area contributed by atoms with Gasteiger partial charge in [-0.3, -0.25) is 4.79 Å². The van der Waals surface area contributed by atoms with Gasteiger partial charge in [-0.05, 0) is 48.2 Å². The maximum atomic E-state index is 13.0. The molecule has 9 heteroatoms. The summed E-state index contributed by atoms with van der Waals surface area (Å²) in [6.07, 6.45) is 0.870. The Kier molecular flexibility index (Phi) is 12.8. The molecule has 0 aromatic heterocycles. The van der Waals surface area contributed by atoms with E-state index < -0.39 is 12.0 Å². The van der Waals surface area contributed by atoms with Crippen molar-refractivity contribution in [2.45, 2.75) is 24.9 Å². The number of nitrogens with zero attached hydrogens (tertiary/aromatic N) is 1. The third-order valence-corrected chi connectivity index (χ3v) is 5.12. The van der Waals surface area contributed by atoms with E-state index in [1.807, 2.05) is 24.3 Å². The number of rotatable bonds is 13. The summed E-state index contributed by atoms with van der Waals surface area (Å²) >= 11 is 11.7. The number of halogens is 4. The van der Waals surface area contributed by atoms with Crippen LogP contribution in [0.1, 0.15) is 11.1 Å². The highest BCUT2D eigenvalue weighted by Gasteiger charge is 2.18. The number of carboxylic acid groups (broad SMARTS) is 1. The number of carbonyl (C=O) groups is 1. The van der Waals surface area contributed by atoms with Gasteiger partial charge < -0.3 is 21.1 Å². The maximum Gasteiger partial charge on any atom is 0.321 e. The minimum Gasteiger partial charge on any atom is -0.480 e. The fraction of sp³-hybridized carbons (Fsp3) is 0.409. The van der Waals surface area contributed by atoms with Gasteiger partial charge in [-0.15, -0.1) is 35.6 Å². The average molecular weight is 493 g/mol. The monoisotopic (exact) mass is 491 g/mol. The van der Waals surface area contributed by atoms with Gasteiger partial charge in [-0.25, -0.2) is 4.39 Å². The zero-order valence-corrected chi connectivity index (χ0v) is 19.5. The minimum absolute atomic E-state index is 0. The standard InChI is InChI=1S/C22H28Cl2FN3O2.ClH/c23-9-11-28(12-10-24)20-7-3-16(4-8-20)13-19(26)15-27-21(22(29)30)14-17-1-5-18(25)6-2-17;/h1-8,19,21,27H,9-15,26H2,(H,29,30);1H/t19-,21-;/m0./s1. The maximum absolute atomic E-state index is 13.0. The number of hydrogen-bond acceptors (Lipinski definition) is 4. The first-order chi connectivity index (χ1) is 14.4. The van der Waals surface area contributed by atoms with Crippen LogP contribution in [0, 0.1) is 5.82 Å². The van der Waals surface area contributed by atoms with Crippen molar-refractivity contribution in [2.75, 3.05) is 36.3 Å². The van der Waals surface area contributed by atoms with Crippen molar-refractivity contribution in [3.8, 4) is 0 Å². The molecule has 2 aromatic rings. The third kappa shape index (κ3) is 9.62. The molecule has 0 saturated carbocycles. The molecule has 0 heterocycles. The third-order valence-electron chi connectivity index (χ3n) is 4.79. The molecule has 0 amide bonds. The van der Waals surface area contributed by atoms with Crippen molar-refractivity contribution in [1.29, 1.82) is 0 Å². The Hall–Kier alpha value is -1.57. The predicted molar refractivity (Wildman–Crippen MR) is 129 cm³/mol. The van der Waals surface area contributed by atoms with E-state index in [4.69, 9.17) is 28.9 Å². The second kappa shape index (κ2) is 14.5. The molecule has 2 atom stereocenters. The van der Waals surface area contributed by atoms with Crippen molar-refractivity contribution in [1.82, 2.24) is 5.32 Å². The number of carboxylic acids is 1. The molecule has 0 radical (unpaired) electrons. The fourth-order valence-corrected chi connectivity index (χ4v) is 3.60. The van der Waals surface area contributed by atoms with E-state index in [1.54, 1.807) is 12.1 Å². The molecule has 0 aliphatic rings. The van der Waals surface area contributed by atoms with Gasteiger partial charge >= 0.3 is 5.97 Å². The zero-order chi connectivity index (χ0) is 21.9. The van der Waals surface area contributed by atoms with E-state index in [0.29, 0.717) is 24.7 Å². The van der Waals surface area contributed by atoms with Crippen LogP contribution in [0.25, 0.3) is 0 Å². The molecule has 5 nitrogen and oxygen atoms in total. The topological polar surface area (TPSA) is 78.6 Å². The van der Waals surface area contributed by atoms with E-state index >= 15 is 0 Å². The van der Waals surface area contributed by atoms with Crippen molar-refractivity contribution in [2.24, 2.45) is 5.73 Å². The Labute approximate surface area is 199 Å². The lowest BCUT2D eigenvalue weighted by molar-refractivity contribution is -0.139. The van der Waals surface area contributed by atoms with E-state index in [9.17, 15) is 14.3 Å². The molecule has 4 N–H and O–H groups in total. The quantitative estimate of drug-likeness (QED) is 0.372. The Morgan fingerprint density at radius 3 is 2.03 bits per heavy atom. The van der Waals surface area contributed by atoms with Crippen LogP contribution >= 0.6 is 35.6 Å². The molecule has 172 valence electrons. The summed E-state index contributed by atoms with van der Waals surface area (Å²) in [5.41, 5.74) is 9.08. The first-order valence-electron chi connectivity index (χ1n) is 9.85. The number of nitrogens with one attached hydrogen (secondary N) is 1. The van der Waals surface area contributed by atoms with Gasteiger partial charge in [-0.1, -0.05) is 24.3 Å². The Bertz CT molecular complexity index is 773. The van der Waals surface area contributed by atoms with Gasteiger partial charge in [0.25, 0.3) is 0 Å². The number of aliphatic carboxylic acids is 1. The molecular formula is C22H29Cl3FN3O2. The molecule has 31 heavy (non-hydrogen) atoms. The lowest BCUT2D eigenvalue weighted by Gasteiger charge is -2.23. The van der Waals surface area contributed by atoms with Crippen LogP contribution in [0.5, 0.6) is 0 Å². The number of hydrogen-bond donors (Lipinski definition) is 3. The molecule has 0 aliphatic heterocycles. The predicted octanol–water partition coefficient (Wildman–Crippen LogP) is 3.69. The molecule has 0 spiro atoms. The largest absolute Gasteiger partial charge is 0.480 e. The summed E-state index contributed by atoms with van der Waals surface area (Å²) in [6, 6.07) is 12.9. The highest BCUT2D eigenvalue weighted by molar-refractivity contribution is 6.18. The van der Waals surface area contributed by atoms with Gasteiger partial charge in [0.2, 0.25) is 0 Å². The highest BCUT2D eigenvalue weighted by Crippen LogP contribution is 2.16. The smallest absolute Gasteiger partial charge is 0.321 e. The van der Waals surface area contributed by atoms with Gasteiger partial charge in [-0.2, -0.15) is 0 Å². The molecule has 0 unspecified atom stereocenters. The first kappa shape index (κ1) is 27.5. The summed E-state index contributed by atoms with van der Waals surface area (Å²) < 4.78 is 13.0. The summed E-state index contributed by atoms with van der Waals surface area (Å²) in [6.45, 7) is 1.80. The van der Waals surface area contributed by atoms with Crippen LogP contribution < -0.4 is 16.0 Å². The molecule has 2 aromatic carbocycles. The molecular weight excluding hydrogens is 464 g/mol. The van der Waals surface area contributed by atoms with Crippen molar-refractivity contribution in [3.05, 3.63) is 65.5 Å². The Balaban J connectivity index is 0.00000480. The van der Waals surface area contributed by atoms with Crippen molar-refractivity contribution < 1.29 is 14.3 Å². The molecule has 0 fully saturated rings. The van der Waals surface area contributed by atoms with Gasteiger partial charge in [0, 0.05) is 43.1 Å². The molecule has 2 rings (SSSR count). The van der Waals surface area contributed by atoms with Crippen LogP contribution in [0.2, 0.25) is 0 Å². The van der Waals surface area contributed by atoms with Crippen molar-refractivity contribution in [3.63, 3.8) is 0 Å². The van der Waals surface area contributed by atoms with Crippen LogP contribution in [0.15, 0.2) is 48.5 Å². The Morgan fingerprint density at radius 2 is 1.52 bits per heavy atom. The van der Waals surface area contributed by atoms with E-state index in [0.717, 1.165) is 29.9 Å². The summed E-state index contributed by atoms with van der Waals surface area (Å²) in [5, 5.41) is 12.5. The SMILES string of the molecule is Cl.N[C@H](CN[C@@H](Cc1ccc(F)cc1)C(=O)O)Cc1ccc(N(CCCl)CCCl)cc1. The summed E-state index contributed by atoms with van der Waals surface area (Å²) in [5.74, 6) is -0.259. The average Bonchev–Trinajstić information content (AvgIpc) is 2.72. The van der Waals surface area contributed by atoms with Crippen LogP contribution in [0.3, 0.4) is 0 Å². The minimum atomic E-state index is -0.963. The number of alkyl halides is 2. The lowest BCUT2D eigenvalue weighted by Crippen LogP contribution is -2.45. The van der Waals surface area contributed by atoms with Gasteiger partial charge in [0.05, 0.1) is 0 Å². The number of anilines is 1. The lowest BCUT2D eigenvalue weighted by atomic mass is 10.0. The number of benzene rings is 2. The van der Waals surface area contributed by atoms with Crippen molar-refractivity contribution >= 4 is 47.3 Å². The molecule has 0 saturated heterocycles. The zero-order valence-electron chi connectivity index (χ0n) is 17.1.